The number of hydrogen-bond acceptors (Lipinski definition) is 4. The number of nitrogens with one attached hydrogen (secondary N) is 1. The first-order valence-electron chi connectivity index (χ1n) is 8.12. The topological polar surface area (TPSA) is 68.0 Å². The van der Waals surface area contributed by atoms with Gasteiger partial charge in [0.2, 0.25) is 5.91 Å². The van der Waals surface area contributed by atoms with E-state index in [0.717, 1.165) is 16.6 Å². The summed E-state index contributed by atoms with van der Waals surface area (Å²) in [4.78, 5) is 21.0. The minimum Gasteiger partial charge on any atom is -0.464 e. The first-order chi connectivity index (χ1) is 12.8. The summed E-state index contributed by atoms with van der Waals surface area (Å²) in [6.45, 7) is 0. The molecule has 0 spiro atoms. The lowest BCUT2D eigenvalue weighted by Gasteiger charge is -2.07. The van der Waals surface area contributed by atoms with E-state index >= 15 is 0 Å². The van der Waals surface area contributed by atoms with Gasteiger partial charge in [0.25, 0.3) is 0 Å². The number of fused-ring (bicyclic) bond motifs is 1. The molecule has 0 aliphatic rings. The average molecular weight is 341 g/mol. The van der Waals surface area contributed by atoms with E-state index in [4.69, 9.17) is 4.42 Å². The van der Waals surface area contributed by atoms with E-state index in [2.05, 4.69) is 15.3 Å². The van der Waals surface area contributed by atoms with Gasteiger partial charge < -0.3 is 9.73 Å². The van der Waals surface area contributed by atoms with Crippen molar-refractivity contribution in [2.75, 3.05) is 5.32 Å². The summed E-state index contributed by atoms with van der Waals surface area (Å²) in [5.74, 6) is 0.388. The van der Waals surface area contributed by atoms with E-state index < -0.39 is 0 Å². The van der Waals surface area contributed by atoms with Crippen LogP contribution in [0.15, 0.2) is 89.8 Å². The molecule has 0 atom stereocenters. The molecule has 5 nitrogen and oxygen atoms in total. The van der Waals surface area contributed by atoms with Crippen LogP contribution < -0.4 is 5.32 Å². The van der Waals surface area contributed by atoms with Gasteiger partial charge in [-0.25, -0.2) is 0 Å². The first kappa shape index (κ1) is 15.8. The van der Waals surface area contributed by atoms with E-state index in [1.807, 2.05) is 42.5 Å². The Kier molecular flexibility index (Phi) is 4.26. The maximum absolute atomic E-state index is 12.6. The summed E-state index contributed by atoms with van der Waals surface area (Å²) < 4.78 is 5.49. The second kappa shape index (κ2) is 7.03. The Morgan fingerprint density at radius 1 is 0.923 bits per heavy atom. The van der Waals surface area contributed by atoms with Crippen LogP contribution >= 0.6 is 0 Å². The van der Waals surface area contributed by atoms with Crippen LogP contribution in [0.3, 0.4) is 0 Å². The molecule has 0 fully saturated rings. The normalized spacial score (nSPS) is 11.5. The van der Waals surface area contributed by atoms with E-state index in [-0.39, 0.29) is 5.91 Å². The number of nitrogens with zero attached hydrogens (tertiary/aromatic N) is 2. The monoisotopic (exact) mass is 341 g/mol. The molecule has 0 saturated carbocycles. The second-order valence-electron chi connectivity index (χ2n) is 5.65. The molecule has 2 aromatic heterocycles. The van der Waals surface area contributed by atoms with Crippen LogP contribution in [0, 0.1) is 0 Å². The van der Waals surface area contributed by atoms with Gasteiger partial charge in [0.1, 0.15) is 5.76 Å². The smallest absolute Gasteiger partial charge is 0.249 e. The van der Waals surface area contributed by atoms with Crippen molar-refractivity contribution in [3.05, 3.63) is 96.7 Å². The maximum atomic E-state index is 12.6. The molecule has 5 heteroatoms. The van der Waals surface area contributed by atoms with Crippen LogP contribution in [0.1, 0.15) is 11.3 Å². The molecule has 1 amide bonds. The molecule has 4 aromatic rings. The van der Waals surface area contributed by atoms with Gasteiger partial charge in [0.05, 0.1) is 17.3 Å². The molecule has 2 heterocycles. The molecule has 4 rings (SSSR count). The third-order valence-electron chi connectivity index (χ3n) is 3.88. The zero-order valence-electron chi connectivity index (χ0n) is 13.8. The van der Waals surface area contributed by atoms with Crippen molar-refractivity contribution in [3.8, 4) is 0 Å². The van der Waals surface area contributed by atoms with E-state index in [1.54, 1.807) is 36.9 Å². The number of carbonyl (C=O) groups excluding carboxylic acids is 1. The van der Waals surface area contributed by atoms with Crippen molar-refractivity contribution in [1.29, 1.82) is 0 Å². The highest BCUT2D eigenvalue weighted by atomic mass is 16.3. The Bertz CT molecular complexity index is 1070. The number of furan rings is 1. The zero-order chi connectivity index (χ0) is 17.8. The molecule has 26 heavy (non-hydrogen) atoms. The highest BCUT2D eigenvalue weighted by Crippen LogP contribution is 2.24. The zero-order valence-corrected chi connectivity index (χ0v) is 13.8. The Hall–Kier alpha value is -3.73. The number of amides is 1. The van der Waals surface area contributed by atoms with Gasteiger partial charge in [-0.3, -0.25) is 14.8 Å². The summed E-state index contributed by atoms with van der Waals surface area (Å²) in [7, 11) is 0. The molecule has 0 unspecified atom stereocenters. The van der Waals surface area contributed by atoms with Crippen molar-refractivity contribution in [2.45, 2.75) is 0 Å². The number of carbonyl (C=O) groups is 1. The lowest BCUT2D eigenvalue weighted by molar-refractivity contribution is -0.111. The Labute approximate surface area is 150 Å². The molecule has 0 saturated heterocycles. The van der Waals surface area contributed by atoms with Crippen LogP contribution in [-0.4, -0.2) is 15.9 Å². The van der Waals surface area contributed by atoms with Crippen molar-refractivity contribution in [2.24, 2.45) is 0 Å². The second-order valence-corrected chi connectivity index (χ2v) is 5.65. The molecule has 0 bridgehead atoms. The van der Waals surface area contributed by atoms with Crippen molar-refractivity contribution in [1.82, 2.24) is 9.97 Å². The van der Waals surface area contributed by atoms with Crippen molar-refractivity contribution >= 4 is 28.2 Å². The van der Waals surface area contributed by atoms with Gasteiger partial charge in [-0.1, -0.05) is 30.3 Å². The SMILES string of the molecule is O=C(C=C(c1ccccc1)c1ccco1)Nc1ccc2nccnc2c1. The van der Waals surface area contributed by atoms with Crippen LogP contribution in [-0.2, 0) is 4.79 Å². The lowest BCUT2D eigenvalue weighted by Crippen LogP contribution is -2.09. The van der Waals surface area contributed by atoms with Gasteiger partial charge in [0.15, 0.2) is 0 Å². The van der Waals surface area contributed by atoms with Crippen LogP contribution in [0.4, 0.5) is 5.69 Å². The van der Waals surface area contributed by atoms with Gasteiger partial charge >= 0.3 is 0 Å². The van der Waals surface area contributed by atoms with Crippen LogP contribution in [0.25, 0.3) is 16.6 Å². The standard InChI is InChI=1S/C21H15N3O2/c25-21(24-16-8-9-18-19(13-16)23-11-10-22-18)14-17(20-7-4-12-26-20)15-5-2-1-3-6-15/h1-14H,(H,24,25). The van der Waals surface area contributed by atoms with Gasteiger partial charge in [-0.05, 0) is 35.9 Å². The molecule has 126 valence electrons. The van der Waals surface area contributed by atoms with E-state index in [9.17, 15) is 4.79 Å². The van der Waals surface area contributed by atoms with Gasteiger partial charge in [-0.2, -0.15) is 0 Å². The highest BCUT2D eigenvalue weighted by molar-refractivity contribution is 6.06. The van der Waals surface area contributed by atoms with E-state index in [1.165, 1.54) is 6.08 Å². The van der Waals surface area contributed by atoms with Crippen molar-refractivity contribution < 1.29 is 9.21 Å². The summed E-state index contributed by atoms with van der Waals surface area (Å²) in [5.41, 5.74) is 3.78. The number of aromatic nitrogens is 2. The molecule has 0 radical (unpaired) electrons. The average Bonchev–Trinajstić information content (AvgIpc) is 3.21. The predicted octanol–water partition coefficient (Wildman–Crippen LogP) is 4.29. The van der Waals surface area contributed by atoms with Gasteiger partial charge in [0, 0.05) is 29.7 Å². The first-order valence-corrected chi connectivity index (χ1v) is 8.12. The highest BCUT2D eigenvalue weighted by Gasteiger charge is 2.10. The predicted molar refractivity (Wildman–Crippen MR) is 100 cm³/mol. The summed E-state index contributed by atoms with van der Waals surface area (Å²) >= 11 is 0. The Balaban J connectivity index is 1.64. The van der Waals surface area contributed by atoms with Crippen molar-refractivity contribution in [3.63, 3.8) is 0 Å². The fraction of sp³-hybridized carbons (Fsp3) is 0. The number of benzene rings is 2. The Morgan fingerprint density at radius 3 is 2.50 bits per heavy atom. The minimum atomic E-state index is -0.247. The number of anilines is 1. The summed E-state index contributed by atoms with van der Waals surface area (Å²) in [5, 5.41) is 2.87. The third-order valence-corrected chi connectivity index (χ3v) is 3.88. The number of rotatable bonds is 4. The fourth-order valence-electron chi connectivity index (χ4n) is 2.70. The maximum Gasteiger partial charge on any atom is 0.249 e. The van der Waals surface area contributed by atoms with Gasteiger partial charge in [-0.15, -0.1) is 0 Å². The quantitative estimate of drug-likeness (QED) is 0.562. The van der Waals surface area contributed by atoms with Crippen LogP contribution in [0.5, 0.6) is 0 Å². The minimum absolute atomic E-state index is 0.247. The lowest BCUT2D eigenvalue weighted by atomic mass is 10.0. The summed E-state index contributed by atoms with van der Waals surface area (Å²) in [6, 6.07) is 18.7. The molecule has 2 aromatic carbocycles. The Morgan fingerprint density at radius 2 is 1.73 bits per heavy atom. The largest absolute Gasteiger partial charge is 0.464 e. The molecule has 0 aliphatic carbocycles. The van der Waals surface area contributed by atoms with E-state index in [0.29, 0.717) is 17.0 Å². The number of hydrogen-bond donors (Lipinski definition) is 1. The molecule has 1 N–H and O–H groups in total. The fourth-order valence-corrected chi connectivity index (χ4v) is 2.70. The van der Waals surface area contributed by atoms with Crippen LogP contribution in [0.2, 0.25) is 0 Å². The molecular formula is C21H15N3O2. The molecule has 0 aliphatic heterocycles. The summed E-state index contributed by atoms with van der Waals surface area (Å²) in [6.07, 6.45) is 6.39. The third kappa shape index (κ3) is 3.37. The molecular weight excluding hydrogens is 326 g/mol.